The average Bonchev–Trinajstić information content (AvgIpc) is 2.83. The summed E-state index contributed by atoms with van der Waals surface area (Å²) in [6.07, 6.45) is -2.32. The van der Waals surface area contributed by atoms with E-state index < -0.39 is 18.3 Å². The normalized spacial score (nSPS) is 12.2. The molecule has 2 atom stereocenters. The summed E-state index contributed by atoms with van der Waals surface area (Å²) in [6, 6.07) is 21.9. The Balaban J connectivity index is 1.88. The molecule has 0 fully saturated rings. The number of anilines is 1. The summed E-state index contributed by atoms with van der Waals surface area (Å²) >= 11 is 0. The maximum absolute atomic E-state index is 12.7. The van der Waals surface area contributed by atoms with Crippen LogP contribution < -0.4 is 14.8 Å². The molecule has 3 rings (SSSR count). The van der Waals surface area contributed by atoms with Gasteiger partial charge in [0, 0.05) is 24.3 Å². The number of phenolic OH excluding ortho intramolecular Hbond substituents is 1. The number of nitrogens with one attached hydrogen (secondary N) is 1. The Hall–Kier alpha value is -4.22. The number of nitriles is 1. The maximum Gasteiger partial charge on any atom is 0.412 e. The molecule has 0 heterocycles. The van der Waals surface area contributed by atoms with Crippen molar-refractivity contribution < 1.29 is 29.2 Å². The molecule has 0 aliphatic rings. The van der Waals surface area contributed by atoms with E-state index in [-0.39, 0.29) is 24.5 Å². The van der Waals surface area contributed by atoms with Gasteiger partial charge >= 0.3 is 6.09 Å². The summed E-state index contributed by atoms with van der Waals surface area (Å²) in [5.74, 6) is 0.676. The number of carbonyl (C=O) groups is 1. The number of amides is 1. The largest absolute Gasteiger partial charge is 0.504 e. The zero-order chi connectivity index (χ0) is 23.6. The number of carbonyl (C=O) groups excluding carboxylic acids is 1. The highest BCUT2D eigenvalue weighted by Crippen LogP contribution is 2.34. The minimum absolute atomic E-state index is 0.126. The minimum Gasteiger partial charge on any atom is -0.504 e. The fourth-order valence-electron chi connectivity index (χ4n) is 3.21. The molecule has 0 unspecified atom stereocenters. The van der Waals surface area contributed by atoms with Gasteiger partial charge in [-0.05, 0) is 48.5 Å². The molecule has 3 aromatic carbocycles. The molecular formula is C25H24N2O6. The van der Waals surface area contributed by atoms with E-state index in [1.54, 1.807) is 60.7 Å². The molecule has 33 heavy (non-hydrogen) atoms. The Morgan fingerprint density at radius 1 is 1.09 bits per heavy atom. The van der Waals surface area contributed by atoms with Crippen LogP contribution in [0.5, 0.6) is 17.2 Å². The van der Waals surface area contributed by atoms with Crippen molar-refractivity contribution in [2.75, 3.05) is 19.0 Å². The van der Waals surface area contributed by atoms with Gasteiger partial charge < -0.3 is 24.4 Å². The molecule has 0 aromatic heterocycles. The van der Waals surface area contributed by atoms with Gasteiger partial charge in [0.1, 0.15) is 11.9 Å². The lowest BCUT2D eigenvalue weighted by atomic mass is 10.0. The van der Waals surface area contributed by atoms with Crippen molar-refractivity contribution >= 4 is 11.8 Å². The second kappa shape index (κ2) is 11.4. The van der Waals surface area contributed by atoms with Crippen LogP contribution in [0.15, 0.2) is 72.8 Å². The van der Waals surface area contributed by atoms with Crippen molar-refractivity contribution in [2.24, 2.45) is 0 Å². The predicted molar refractivity (Wildman–Crippen MR) is 121 cm³/mol. The Bertz CT molecular complexity index is 1100. The van der Waals surface area contributed by atoms with Crippen LogP contribution in [0.25, 0.3) is 0 Å². The molecule has 0 bridgehead atoms. The topological polar surface area (TPSA) is 121 Å². The molecule has 0 aliphatic carbocycles. The molecule has 1 amide bonds. The molecule has 8 heteroatoms. The monoisotopic (exact) mass is 448 g/mol. The number of hydrogen-bond donors (Lipinski definition) is 3. The van der Waals surface area contributed by atoms with E-state index in [1.165, 1.54) is 13.2 Å². The van der Waals surface area contributed by atoms with Gasteiger partial charge in [-0.25, -0.2) is 4.79 Å². The van der Waals surface area contributed by atoms with E-state index in [4.69, 9.17) is 19.5 Å². The summed E-state index contributed by atoms with van der Waals surface area (Å²) in [6.45, 7) is -0.212. The Morgan fingerprint density at radius 2 is 1.82 bits per heavy atom. The number of phenols is 1. The minimum atomic E-state index is -0.965. The molecule has 8 nitrogen and oxygen atoms in total. The SMILES string of the molecule is COc1ccc([C@H](OC(=O)Nc2ccc(C#N)cc2)[C@H](CCO)Oc2ccccc2)cc1O. The molecule has 3 aromatic rings. The van der Waals surface area contributed by atoms with E-state index in [0.717, 1.165) is 0 Å². The molecule has 0 saturated carbocycles. The highest BCUT2D eigenvalue weighted by Gasteiger charge is 2.30. The lowest BCUT2D eigenvalue weighted by Gasteiger charge is -2.28. The summed E-state index contributed by atoms with van der Waals surface area (Å²) in [7, 11) is 1.43. The summed E-state index contributed by atoms with van der Waals surface area (Å²) in [5.41, 5.74) is 1.36. The Morgan fingerprint density at radius 3 is 2.42 bits per heavy atom. The van der Waals surface area contributed by atoms with Gasteiger partial charge in [-0.2, -0.15) is 5.26 Å². The van der Waals surface area contributed by atoms with Crippen molar-refractivity contribution in [1.82, 2.24) is 0 Å². The number of nitrogens with zero attached hydrogens (tertiary/aromatic N) is 1. The van der Waals surface area contributed by atoms with Crippen LogP contribution in [-0.4, -0.2) is 36.1 Å². The van der Waals surface area contributed by atoms with Gasteiger partial charge in [-0.15, -0.1) is 0 Å². The number of para-hydroxylation sites is 1. The summed E-state index contributed by atoms with van der Waals surface area (Å²) < 4.78 is 16.8. The van der Waals surface area contributed by atoms with Gasteiger partial charge in [0.05, 0.1) is 18.7 Å². The number of rotatable bonds is 9. The fourth-order valence-corrected chi connectivity index (χ4v) is 3.21. The number of aromatic hydroxyl groups is 1. The van der Waals surface area contributed by atoms with Crippen molar-refractivity contribution in [1.29, 1.82) is 5.26 Å². The smallest absolute Gasteiger partial charge is 0.412 e. The van der Waals surface area contributed by atoms with E-state index in [2.05, 4.69) is 5.32 Å². The standard InChI is InChI=1S/C25H24N2O6/c1-31-22-12-9-18(15-21(22)29)24(23(13-14-28)32-20-5-3-2-4-6-20)33-25(30)27-19-10-7-17(16-26)8-11-19/h2-12,15,23-24,28-29H,13-14H2,1H3,(H,27,30)/t23-,24-/m0/s1. The van der Waals surface area contributed by atoms with Crippen LogP contribution in [0, 0.1) is 11.3 Å². The quantitative estimate of drug-likeness (QED) is 0.444. The van der Waals surface area contributed by atoms with Gasteiger partial charge in [-0.1, -0.05) is 24.3 Å². The molecular weight excluding hydrogens is 424 g/mol. The second-order valence-corrected chi connectivity index (χ2v) is 7.05. The zero-order valence-electron chi connectivity index (χ0n) is 18.0. The van der Waals surface area contributed by atoms with Gasteiger partial charge in [0.15, 0.2) is 17.6 Å². The van der Waals surface area contributed by atoms with Crippen LogP contribution in [0.1, 0.15) is 23.7 Å². The first kappa shape index (κ1) is 23.4. The number of aliphatic hydroxyl groups is 1. The first-order chi connectivity index (χ1) is 16.0. The molecule has 0 spiro atoms. The van der Waals surface area contributed by atoms with Gasteiger partial charge in [-0.3, -0.25) is 5.32 Å². The number of ether oxygens (including phenoxy) is 3. The predicted octanol–water partition coefficient (Wildman–Crippen LogP) is 4.39. The van der Waals surface area contributed by atoms with Crippen LogP contribution in [-0.2, 0) is 4.74 Å². The van der Waals surface area contributed by atoms with Crippen LogP contribution in [0.4, 0.5) is 10.5 Å². The lowest BCUT2D eigenvalue weighted by molar-refractivity contribution is 0.00897. The van der Waals surface area contributed by atoms with E-state index in [9.17, 15) is 15.0 Å². The third-order valence-electron chi connectivity index (χ3n) is 4.81. The molecule has 0 saturated heterocycles. The third-order valence-corrected chi connectivity index (χ3v) is 4.81. The molecule has 0 radical (unpaired) electrons. The molecule has 3 N–H and O–H groups in total. The lowest BCUT2D eigenvalue weighted by Crippen LogP contribution is -2.31. The maximum atomic E-state index is 12.7. The molecule has 170 valence electrons. The van der Waals surface area contributed by atoms with Gasteiger partial charge in [0.2, 0.25) is 0 Å². The zero-order valence-corrected chi connectivity index (χ0v) is 18.0. The second-order valence-electron chi connectivity index (χ2n) is 7.05. The van der Waals surface area contributed by atoms with Crippen molar-refractivity contribution in [3.05, 3.63) is 83.9 Å². The number of methoxy groups -OCH3 is 1. The highest BCUT2D eigenvalue weighted by molar-refractivity contribution is 5.84. The summed E-state index contributed by atoms with van der Waals surface area (Å²) in [4.78, 5) is 12.7. The average molecular weight is 448 g/mol. The summed E-state index contributed by atoms with van der Waals surface area (Å²) in [5, 5.41) is 31.4. The van der Waals surface area contributed by atoms with Crippen LogP contribution >= 0.6 is 0 Å². The van der Waals surface area contributed by atoms with E-state index in [0.29, 0.717) is 22.6 Å². The Labute approximate surface area is 191 Å². The van der Waals surface area contributed by atoms with E-state index in [1.807, 2.05) is 12.1 Å². The van der Waals surface area contributed by atoms with E-state index >= 15 is 0 Å². The fraction of sp³-hybridized carbons (Fsp3) is 0.200. The Kier molecular flexibility index (Phi) is 8.11. The first-order valence-electron chi connectivity index (χ1n) is 10.2. The van der Waals surface area contributed by atoms with Crippen molar-refractivity contribution in [2.45, 2.75) is 18.6 Å². The van der Waals surface area contributed by atoms with Crippen LogP contribution in [0.2, 0.25) is 0 Å². The van der Waals surface area contributed by atoms with Crippen molar-refractivity contribution in [3.63, 3.8) is 0 Å². The van der Waals surface area contributed by atoms with Gasteiger partial charge in [0.25, 0.3) is 0 Å². The van der Waals surface area contributed by atoms with Crippen LogP contribution in [0.3, 0.4) is 0 Å². The van der Waals surface area contributed by atoms with Crippen molar-refractivity contribution in [3.8, 4) is 23.3 Å². The first-order valence-corrected chi connectivity index (χ1v) is 10.2. The number of hydrogen-bond acceptors (Lipinski definition) is 7. The molecule has 0 aliphatic heterocycles. The highest BCUT2D eigenvalue weighted by atomic mass is 16.6. The third kappa shape index (κ3) is 6.38. The number of benzene rings is 3. The number of aliphatic hydroxyl groups excluding tert-OH is 1.